The van der Waals surface area contributed by atoms with Gasteiger partial charge in [-0.1, -0.05) is 0 Å². The molecule has 1 heterocycles. The molecule has 0 fully saturated rings. The highest BCUT2D eigenvalue weighted by Crippen LogP contribution is 2.65. The Morgan fingerprint density at radius 1 is 1.40 bits per heavy atom. The topological polar surface area (TPSA) is 62.1 Å². The minimum absolute atomic E-state index is 0.318. The smallest absolute Gasteiger partial charge is 0.197 e. The van der Waals surface area contributed by atoms with Gasteiger partial charge in [0.25, 0.3) is 0 Å². The van der Waals surface area contributed by atoms with Crippen molar-refractivity contribution in [3.8, 4) is 0 Å². The number of hydrogen-bond acceptors (Lipinski definition) is 3. The van der Waals surface area contributed by atoms with E-state index in [1.165, 1.54) is 0 Å². The van der Waals surface area contributed by atoms with Crippen molar-refractivity contribution in [3.05, 3.63) is 0 Å². The van der Waals surface area contributed by atoms with Crippen LogP contribution in [-0.4, -0.2) is 31.6 Å². The summed E-state index contributed by atoms with van der Waals surface area (Å²) in [6.45, 7) is 0. The van der Waals surface area contributed by atoms with Gasteiger partial charge in [-0.05, 0) is 22.5 Å². The molecule has 0 saturated carbocycles. The fraction of sp³-hybridized carbons (Fsp3) is 0.667. The van der Waals surface area contributed by atoms with E-state index >= 15 is 0 Å². The summed E-state index contributed by atoms with van der Waals surface area (Å²) < 4.78 is 64.3. The Bertz CT molecular complexity index is 465. The van der Waals surface area contributed by atoms with E-state index in [2.05, 4.69) is 9.14 Å². The summed E-state index contributed by atoms with van der Waals surface area (Å²) in [5.41, 5.74) is 0. The molecule has 0 spiro atoms. The summed E-state index contributed by atoms with van der Waals surface area (Å²) in [4.78, 5) is 0. The number of halogens is 5. The van der Waals surface area contributed by atoms with Crippen LogP contribution in [0.3, 0.4) is 0 Å². The van der Waals surface area contributed by atoms with Gasteiger partial charge in [0.1, 0.15) is 0 Å². The van der Waals surface area contributed by atoms with Crippen molar-refractivity contribution in [1.82, 2.24) is 4.08 Å². The Kier molecular flexibility index (Phi) is 3.17. The number of amidine groups is 1. The first kappa shape index (κ1) is 13.2. The van der Waals surface area contributed by atoms with Crippen molar-refractivity contribution in [3.63, 3.8) is 0 Å². The molecule has 0 aromatic rings. The summed E-state index contributed by atoms with van der Waals surface area (Å²) in [6.07, 6.45) is -5.00. The fourth-order valence-electron chi connectivity index (χ4n) is 0.596. The van der Waals surface area contributed by atoms with Crippen molar-refractivity contribution in [2.75, 3.05) is 7.05 Å². The summed E-state index contributed by atoms with van der Waals surface area (Å²) in [5.74, 6) is -5.57. The maximum absolute atomic E-state index is 12.1. The summed E-state index contributed by atoms with van der Waals surface area (Å²) in [5, 5.41) is 0. The van der Waals surface area contributed by atoms with Crippen LogP contribution in [0.1, 0.15) is 0 Å². The number of hydrogen-bond donors (Lipinski definition) is 0. The zero-order valence-electron chi connectivity index (χ0n) is 6.90. The normalized spacial score (nSPS) is 25.6. The van der Waals surface area contributed by atoms with Gasteiger partial charge < -0.3 is 0 Å². The van der Waals surface area contributed by atoms with Crippen LogP contribution in [0.15, 0.2) is 9.14 Å². The summed E-state index contributed by atoms with van der Waals surface area (Å²) in [6, 6.07) is 0. The van der Waals surface area contributed by atoms with Crippen LogP contribution in [0.5, 0.6) is 0 Å². The molecule has 5 nitrogen and oxygen atoms in total. The molecule has 0 aliphatic carbocycles. The van der Waals surface area contributed by atoms with Crippen LogP contribution < -0.4 is 0 Å². The minimum Gasteiger partial charge on any atom is -0.197 e. The first-order valence-corrected chi connectivity index (χ1v) is 8.05. The lowest BCUT2D eigenvalue weighted by Gasteiger charge is -2.24. The van der Waals surface area contributed by atoms with Crippen molar-refractivity contribution in [2.45, 2.75) is 6.18 Å². The van der Waals surface area contributed by atoms with Crippen molar-refractivity contribution < 1.29 is 21.6 Å². The Hall–Kier alpha value is 0.180. The average molecular weight is 304 g/mol. The maximum Gasteiger partial charge on any atom is 0.452 e. The minimum atomic E-state index is -5.00. The van der Waals surface area contributed by atoms with E-state index in [0.717, 1.165) is 7.05 Å². The average Bonchev–Trinajstić information content (AvgIpc) is 1.97. The zero-order chi connectivity index (χ0) is 12.1. The number of alkyl halides is 3. The van der Waals surface area contributed by atoms with E-state index in [9.17, 15) is 21.6 Å². The first-order valence-electron chi connectivity index (χ1n) is 3.15. The largest absolute Gasteiger partial charge is 0.452 e. The molecule has 88 valence electrons. The van der Waals surface area contributed by atoms with Gasteiger partial charge in [0.2, 0.25) is 11.7 Å². The molecule has 1 aliphatic heterocycles. The molecule has 0 radical (unpaired) electrons. The van der Waals surface area contributed by atoms with Gasteiger partial charge in [-0.25, -0.2) is 0 Å². The molecule has 0 atom stereocenters. The third kappa shape index (κ3) is 2.65. The molecule has 0 N–H and O–H groups in total. The predicted octanol–water partition coefficient (Wildman–Crippen LogP) is 2.56. The standard InChI is InChI=1S/C3H3Cl2F3N3O2PS/c1-11-14(4,5)9-2(3(6,7)8)10-15(11,12)13/h1H3. The Morgan fingerprint density at radius 2 is 1.87 bits per heavy atom. The van der Waals surface area contributed by atoms with E-state index in [-0.39, 0.29) is 0 Å². The van der Waals surface area contributed by atoms with E-state index in [1.807, 2.05) is 0 Å². The zero-order valence-corrected chi connectivity index (χ0v) is 10.1. The Balaban J connectivity index is 3.44. The molecule has 0 aromatic carbocycles. The molecule has 0 bridgehead atoms. The van der Waals surface area contributed by atoms with Crippen molar-refractivity contribution in [1.29, 1.82) is 0 Å². The van der Waals surface area contributed by atoms with Gasteiger partial charge in [0.05, 0.1) is 0 Å². The van der Waals surface area contributed by atoms with Gasteiger partial charge >= 0.3 is 16.4 Å². The molecule has 1 rings (SSSR count). The molecule has 15 heavy (non-hydrogen) atoms. The Morgan fingerprint density at radius 3 is 2.20 bits per heavy atom. The fourth-order valence-corrected chi connectivity index (χ4v) is 4.70. The highest BCUT2D eigenvalue weighted by Gasteiger charge is 2.45. The van der Waals surface area contributed by atoms with Gasteiger partial charge in [-0.2, -0.15) is 26.3 Å². The highest BCUT2D eigenvalue weighted by atomic mass is 35.9. The molecule has 0 unspecified atom stereocenters. The molecule has 0 aromatic heterocycles. The third-order valence-electron chi connectivity index (χ3n) is 1.34. The van der Waals surface area contributed by atoms with E-state index < -0.39 is 28.1 Å². The van der Waals surface area contributed by atoms with Gasteiger partial charge in [-0.3, -0.25) is 0 Å². The second-order valence-electron chi connectivity index (χ2n) is 2.38. The summed E-state index contributed by atoms with van der Waals surface area (Å²) >= 11 is 10.8. The number of nitrogens with zero attached hydrogens (tertiary/aromatic N) is 3. The second kappa shape index (κ2) is 3.59. The van der Waals surface area contributed by atoms with E-state index in [4.69, 9.17) is 22.5 Å². The summed E-state index contributed by atoms with van der Waals surface area (Å²) in [7, 11) is -3.60. The monoisotopic (exact) mass is 303 g/mol. The van der Waals surface area contributed by atoms with Crippen LogP contribution >= 0.6 is 28.4 Å². The van der Waals surface area contributed by atoms with Crippen LogP contribution in [0.25, 0.3) is 0 Å². The SMILES string of the molecule is CN1P(Cl)(Cl)=NC(C(F)(F)F)=NS1(=O)=O. The Labute approximate surface area is 92.7 Å². The van der Waals surface area contributed by atoms with Crippen molar-refractivity contribution in [2.24, 2.45) is 9.14 Å². The number of rotatable bonds is 0. The lowest BCUT2D eigenvalue weighted by atomic mass is 10.6. The molecular weight excluding hydrogens is 301 g/mol. The molecule has 1 aliphatic rings. The van der Waals surface area contributed by atoms with Crippen LogP contribution in [0.4, 0.5) is 13.2 Å². The lowest BCUT2D eigenvalue weighted by molar-refractivity contribution is -0.0594. The predicted molar refractivity (Wildman–Crippen MR) is 51.2 cm³/mol. The quantitative estimate of drug-likeness (QED) is 0.646. The van der Waals surface area contributed by atoms with Crippen molar-refractivity contribution >= 4 is 44.4 Å². The van der Waals surface area contributed by atoms with Crippen LogP contribution in [-0.2, 0) is 10.2 Å². The van der Waals surface area contributed by atoms with Gasteiger partial charge in [0, 0.05) is 7.05 Å². The van der Waals surface area contributed by atoms with Crippen LogP contribution in [0, 0.1) is 0 Å². The molecule has 12 heteroatoms. The lowest BCUT2D eigenvalue weighted by Crippen LogP contribution is -2.30. The maximum atomic E-state index is 12.1. The highest BCUT2D eigenvalue weighted by molar-refractivity contribution is 8.15. The second-order valence-corrected chi connectivity index (χ2v) is 9.34. The van der Waals surface area contributed by atoms with Crippen LogP contribution in [0.2, 0.25) is 0 Å². The van der Waals surface area contributed by atoms with Gasteiger partial charge in [0.15, 0.2) is 0 Å². The van der Waals surface area contributed by atoms with E-state index in [0.29, 0.717) is 4.08 Å². The molecule has 0 amide bonds. The van der Waals surface area contributed by atoms with E-state index in [1.54, 1.807) is 0 Å². The molecule has 0 saturated heterocycles. The first-order chi connectivity index (χ1) is 6.47. The van der Waals surface area contributed by atoms with Gasteiger partial charge in [-0.15, -0.1) is 8.47 Å². The molecular formula is C3H3Cl2F3N3O2PS. The third-order valence-corrected chi connectivity index (χ3v) is 7.20.